The molecular formula is C22H17ClF2N4O3S2. The first-order valence-electron chi connectivity index (χ1n) is 9.87. The lowest BCUT2D eigenvalue weighted by molar-refractivity contribution is -0.120. The Labute approximate surface area is 204 Å². The summed E-state index contributed by atoms with van der Waals surface area (Å²) < 4.78 is 56.4. The largest absolute Gasteiger partial charge is 0.325 e. The van der Waals surface area contributed by atoms with Crippen LogP contribution in [0.5, 0.6) is 0 Å². The lowest BCUT2D eigenvalue weighted by atomic mass is 10.1. The molecule has 1 aliphatic heterocycles. The Hall–Kier alpha value is -2.88. The fourth-order valence-corrected chi connectivity index (χ4v) is 6.13. The lowest BCUT2D eigenvalue weighted by Gasteiger charge is -2.35. The van der Waals surface area contributed by atoms with Crippen molar-refractivity contribution in [2.75, 3.05) is 12.4 Å². The average Bonchev–Trinajstić information content (AvgIpc) is 3.28. The van der Waals surface area contributed by atoms with Crippen LogP contribution in [0.4, 0.5) is 20.2 Å². The molecule has 1 aliphatic rings. The summed E-state index contributed by atoms with van der Waals surface area (Å²) in [6.45, 7) is 6.96. The number of amides is 1. The fourth-order valence-electron chi connectivity index (χ4n) is 3.54. The van der Waals surface area contributed by atoms with Crippen LogP contribution in [0.25, 0.3) is 15.3 Å². The van der Waals surface area contributed by atoms with Gasteiger partial charge in [-0.3, -0.25) is 4.79 Å². The van der Waals surface area contributed by atoms with E-state index >= 15 is 0 Å². The van der Waals surface area contributed by atoms with Crippen molar-refractivity contribution in [1.82, 2.24) is 9.03 Å². The van der Waals surface area contributed by atoms with Gasteiger partial charge in [0.2, 0.25) is 11.6 Å². The number of benzene rings is 2. The lowest BCUT2D eigenvalue weighted by Crippen LogP contribution is -2.55. The zero-order valence-electron chi connectivity index (χ0n) is 17.6. The molecule has 4 rings (SSSR count). The monoisotopic (exact) mass is 522 g/mol. The van der Waals surface area contributed by atoms with Crippen LogP contribution < -0.4 is 10.0 Å². The maximum absolute atomic E-state index is 14.0. The smallest absolute Gasteiger partial charge is 0.280 e. The van der Waals surface area contributed by atoms with Gasteiger partial charge in [0.1, 0.15) is 17.7 Å². The van der Waals surface area contributed by atoms with Gasteiger partial charge in [-0.25, -0.2) is 13.6 Å². The summed E-state index contributed by atoms with van der Waals surface area (Å²) in [7, 11) is -2.69. The molecule has 0 unspecified atom stereocenters. The molecule has 34 heavy (non-hydrogen) atoms. The number of nitrogens with zero attached hydrogens (tertiary/aromatic N) is 2. The van der Waals surface area contributed by atoms with E-state index in [1.165, 1.54) is 42.6 Å². The van der Waals surface area contributed by atoms with Gasteiger partial charge in [0.25, 0.3) is 10.2 Å². The highest BCUT2D eigenvalue weighted by atomic mass is 35.5. The van der Waals surface area contributed by atoms with Gasteiger partial charge < -0.3 is 5.32 Å². The molecule has 7 nitrogen and oxygen atoms in total. The number of thiophene rings is 1. The SMILES string of the molecule is [C-]#[N+]c1ccc(-c2ccc([C@@H]3C[C@H](C(=O)Nc4ccc(F)c(Cl)c4)N(C)S(=O)(=O)N3)s2)cc1F. The first-order chi connectivity index (χ1) is 16.1. The van der Waals surface area contributed by atoms with Crippen molar-refractivity contribution in [2.45, 2.75) is 18.5 Å². The Kier molecular flexibility index (Phi) is 6.71. The minimum Gasteiger partial charge on any atom is -0.325 e. The quantitative estimate of drug-likeness (QED) is 0.467. The van der Waals surface area contributed by atoms with Crippen molar-refractivity contribution in [2.24, 2.45) is 0 Å². The van der Waals surface area contributed by atoms with Crippen LogP contribution in [-0.4, -0.2) is 31.7 Å². The van der Waals surface area contributed by atoms with Crippen molar-refractivity contribution in [1.29, 1.82) is 0 Å². The van der Waals surface area contributed by atoms with Gasteiger partial charge in [-0.2, -0.15) is 17.4 Å². The zero-order chi connectivity index (χ0) is 24.6. The summed E-state index contributed by atoms with van der Waals surface area (Å²) in [6, 6.07) is 9.65. The molecule has 0 bridgehead atoms. The van der Waals surface area contributed by atoms with Gasteiger partial charge in [-0.1, -0.05) is 23.7 Å². The summed E-state index contributed by atoms with van der Waals surface area (Å²) in [5, 5.41) is 2.41. The van der Waals surface area contributed by atoms with Crippen LogP contribution in [0, 0.1) is 18.2 Å². The molecule has 1 amide bonds. The highest BCUT2D eigenvalue weighted by molar-refractivity contribution is 7.87. The summed E-state index contributed by atoms with van der Waals surface area (Å²) in [4.78, 5) is 17.4. The summed E-state index contributed by atoms with van der Waals surface area (Å²) in [5.74, 6) is -1.87. The molecule has 2 atom stereocenters. The van der Waals surface area contributed by atoms with Crippen LogP contribution in [0.2, 0.25) is 5.02 Å². The van der Waals surface area contributed by atoms with E-state index in [1.807, 2.05) is 0 Å². The first kappa shape index (κ1) is 24.3. The molecule has 12 heteroatoms. The highest BCUT2D eigenvalue weighted by Crippen LogP contribution is 2.37. The molecule has 0 saturated carbocycles. The maximum atomic E-state index is 14.0. The van der Waals surface area contributed by atoms with Crippen molar-refractivity contribution in [3.63, 3.8) is 0 Å². The number of anilines is 1. The second-order valence-electron chi connectivity index (χ2n) is 7.54. The molecule has 3 aromatic rings. The average molecular weight is 523 g/mol. The van der Waals surface area contributed by atoms with Crippen molar-refractivity contribution >= 4 is 50.4 Å². The number of rotatable bonds is 4. The van der Waals surface area contributed by atoms with E-state index in [0.29, 0.717) is 15.3 Å². The van der Waals surface area contributed by atoms with Gasteiger partial charge in [-0.05, 0) is 48.4 Å². The van der Waals surface area contributed by atoms with E-state index in [0.717, 1.165) is 10.4 Å². The van der Waals surface area contributed by atoms with Crippen LogP contribution in [0.15, 0.2) is 48.5 Å². The van der Waals surface area contributed by atoms with E-state index < -0.39 is 39.8 Å². The Bertz CT molecular complexity index is 1420. The normalized spacial score (nSPS) is 20.0. The van der Waals surface area contributed by atoms with E-state index in [-0.39, 0.29) is 22.8 Å². The van der Waals surface area contributed by atoms with Crippen molar-refractivity contribution < 1.29 is 22.0 Å². The van der Waals surface area contributed by atoms with Gasteiger partial charge >= 0.3 is 0 Å². The zero-order valence-corrected chi connectivity index (χ0v) is 19.9. The minimum absolute atomic E-state index is 0.0834. The van der Waals surface area contributed by atoms with Crippen molar-refractivity contribution in [3.8, 4) is 10.4 Å². The number of hydrogen-bond acceptors (Lipinski definition) is 4. The minimum atomic E-state index is -3.98. The second kappa shape index (κ2) is 9.40. The Balaban J connectivity index is 1.58. The van der Waals surface area contributed by atoms with Gasteiger partial charge in [-0.15, -0.1) is 11.3 Å². The summed E-state index contributed by atoms with van der Waals surface area (Å²) in [6.07, 6.45) is 0.126. The predicted molar refractivity (Wildman–Crippen MR) is 127 cm³/mol. The van der Waals surface area contributed by atoms with E-state index in [1.54, 1.807) is 18.2 Å². The number of halogens is 3. The molecule has 1 saturated heterocycles. The molecule has 176 valence electrons. The number of nitrogens with one attached hydrogen (secondary N) is 2. The number of carbonyl (C=O) groups is 1. The Morgan fingerprint density at radius 3 is 2.65 bits per heavy atom. The van der Waals surface area contributed by atoms with Crippen molar-refractivity contribution in [3.05, 3.63) is 81.5 Å². The third kappa shape index (κ3) is 4.82. The number of likely N-dealkylation sites (N-methyl/N-ethyl adjacent to an activating group) is 1. The van der Waals surface area contributed by atoms with Crippen LogP contribution in [0.3, 0.4) is 0 Å². The number of hydrogen-bond donors (Lipinski definition) is 2. The molecular weight excluding hydrogens is 506 g/mol. The van der Waals surface area contributed by atoms with E-state index in [4.69, 9.17) is 18.2 Å². The van der Waals surface area contributed by atoms with E-state index in [9.17, 15) is 22.0 Å². The van der Waals surface area contributed by atoms with Gasteiger partial charge in [0.15, 0.2) is 0 Å². The maximum Gasteiger partial charge on any atom is 0.280 e. The molecule has 0 aliphatic carbocycles. The molecule has 2 N–H and O–H groups in total. The standard InChI is InChI=1S/C22H17ClF2N4O3S2/c1-26-17-6-3-12(9-16(17)25)20-7-8-21(33-20)18-11-19(29(2)34(31,32)28-18)22(30)27-13-4-5-15(24)14(23)10-13/h3-10,18-19,28H,11H2,2H3,(H,27,30)/t18-,19+/m0/s1. The molecule has 1 aromatic heterocycles. The molecule has 2 aromatic carbocycles. The fraction of sp³-hybridized carbons (Fsp3) is 0.182. The summed E-state index contributed by atoms with van der Waals surface area (Å²) >= 11 is 7.02. The van der Waals surface area contributed by atoms with E-state index in [2.05, 4.69) is 14.9 Å². The number of carbonyl (C=O) groups excluding carboxylic acids is 1. The first-order valence-corrected chi connectivity index (χ1v) is 12.5. The molecule has 0 spiro atoms. The summed E-state index contributed by atoms with van der Waals surface area (Å²) in [5.41, 5.74) is 0.708. The highest BCUT2D eigenvalue weighted by Gasteiger charge is 2.41. The third-order valence-electron chi connectivity index (χ3n) is 5.38. The topological polar surface area (TPSA) is 82.9 Å². The Morgan fingerprint density at radius 2 is 1.97 bits per heavy atom. The molecule has 2 heterocycles. The second-order valence-corrected chi connectivity index (χ2v) is 10.8. The Morgan fingerprint density at radius 1 is 1.21 bits per heavy atom. The van der Waals surface area contributed by atoms with Crippen LogP contribution in [0.1, 0.15) is 17.3 Å². The predicted octanol–water partition coefficient (Wildman–Crippen LogP) is 5.12. The third-order valence-corrected chi connectivity index (χ3v) is 8.51. The van der Waals surface area contributed by atoms with Gasteiger partial charge in [0, 0.05) is 22.5 Å². The van der Waals surface area contributed by atoms with Gasteiger partial charge in [0.05, 0.1) is 17.6 Å². The molecule has 0 radical (unpaired) electrons. The molecule has 1 fully saturated rings. The van der Waals surface area contributed by atoms with Crippen LogP contribution in [-0.2, 0) is 15.0 Å². The van der Waals surface area contributed by atoms with Crippen LogP contribution >= 0.6 is 22.9 Å².